The molecule has 0 radical (unpaired) electrons. The zero-order valence-electron chi connectivity index (χ0n) is 21.1. The molecule has 3 aromatic rings. The van der Waals surface area contributed by atoms with Gasteiger partial charge < -0.3 is 14.2 Å². The van der Waals surface area contributed by atoms with Crippen molar-refractivity contribution in [3.05, 3.63) is 97.9 Å². The molecular formula is C28H26N2O7S. The Morgan fingerprint density at radius 2 is 1.76 bits per heavy atom. The Morgan fingerprint density at radius 3 is 2.53 bits per heavy atom. The molecule has 196 valence electrons. The first-order valence-corrected chi connectivity index (χ1v) is 12.6. The quantitative estimate of drug-likeness (QED) is 0.179. The predicted molar refractivity (Wildman–Crippen MR) is 145 cm³/mol. The summed E-state index contributed by atoms with van der Waals surface area (Å²) in [5.41, 5.74) is 3.01. The molecule has 38 heavy (non-hydrogen) atoms. The minimum atomic E-state index is -0.463. The van der Waals surface area contributed by atoms with Gasteiger partial charge in [-0.2, -0.15) is 0 Å². The predicted octanol–water partition coefficient (Wildman–Crippen LogP) is 5.91. The van der Waals surface area contributed by atoms with Gasteiger partial charge in [0.05, 0.1) is 29.0 Å². The number of ether oxygens (including phenoxy) is 3. The maximum atomic E-state index is 12.9. The van der Waals surface area contributed by atoms with E-state index in [1.54, 1.807) is 42.5 Å². The standard InChI is InChI=1S/C28H26N2O7S/c1-18-8-9-19(2)24(14-18)36-13-12-29-27(31)26(38-28(29)32)16-20-10-11-23(35-3)25(15-20)37-17-21-6-4-5-7-22(21)30(33)34/h4-11,14-16H,12-13,17H2,1-3H3/b26-16-. The molecular weight excluding hydrogens is 508 g/mol. The summed E-state index contributed by atoms with van der Waals surface area (Å²) in [4.78, 5) is 37.8. The van der Waals surface area contributed by atoms with Crippen LogP contribution in [0.4, 0.5) is 10.5 Å². The Hall–Kier alpha value is -4.31. The molecule has 3 aromatic carbocycles. The van der Waals surface area contributed by atoms with Crippen molar-refractivity contribution in [2.75, 3.05) is 20.3 Å². The van der Waals surface area contributed by atoms with Crippen LogP contribution in [0.1, 0.15) is 22.3 Å². The smallest absolute Gasteiger partial charge is 0.293 e. The van der Waals surface area contributed by atoms with Crippen molar-refractivity contribution in [1.82, 2.24) is 4.90 Å². The maximum Gasteiger partial charge on any atom is 0.293 e. The van der Waals surface area contributed by atoms with E-state index in [4.69, 9.17) is 14.2 Å². The summed E-state index contributed by atoms with van der Waals surface area (Å²) in [6, 6.07) is 17.2. The molecule has 4 rings (SSSR count). The van der Waals surface area contributed by atoms with E-state index >= 15 is 0 Å². The number of nitro groups is 1. The number of amides is 2. The summed E-state index contributed by atoms with van der Waals surface area (Å²) in [6.45, 7) is 4.16. The van der Waals surface area contributed by atoms with Crippen LogP contribution in [-0.2, 0) is 11.4 Å². The fraction of sp³-hybridized carbons (Fsp3) is 0.214. The van der Waals surface area contributed by atoms with E-state index in [9.17, 15) is 19.7 Å². The summed E-state index contributed by atoms with van der Waals surface area (Å²) in [6.07, 6.45) is 1.60. The highest BCUT2D eigenvalue weighted by atomic mass is 32.2. The number of carbonyl (C=O) groups is 2. The largest absolute Gasteiger partial charge is 0.493 e. The van der Waals surface area contributed by atoms with E-state index in [0.29, 0.717) is 22.6 Å². The number of thioether (sulfide) groups is 1. The molecule has 9 nitrogen and oxygen atoms in total. The summed E-state index contributed by atoms with van der Waals surface area (Å²) < 4.78 is 17.0. The molecule has 0 N–H and O–H groups in total. The molecule has 0 bridgehead atoms. The van der Waals surface area contributed by atoms with Gasteiger partial charge in [0.15, 0.2) is 11.5 Å². The van der Waals surface area contributed by atoms with Gasteiger partial charge in [-0.3, -0.25) is 24.6 Å². The lowest BCUT2D eigenvalue weighted by Gasteiger charge is -2.14. The maximum absolute atomic E-state index is 12.9. The van der Waals surface area contributed by atoms with E-state index in [-0.39, 0.29) is 35.6 Å². The normalized spacial score (nSPS) is 14.2. The third-order valence-corrected chi connectivity index (χ3v) is 6.75. The Labute approximate surface area is 224 Å². The summed E-state index contributed by atoms with van der Waals surface area (Å²) >= 11 is 0.856. The Morgan fingerprint density at radius 1 is 0.974 bits per heavy atom. The molecule has 1 saturated heterocycles. The zero-order valence-corrected chi connectivity index (χ0v) is 21.9. The van der Waals surface area contributed by atoms with Gasteiger partial charge in [0.25, 0.3) is 16.8 Å². The average Bonchev–Trinajstić information content (AvgIpc) is 3.16. The van der Waals surface area contributed by atoms with Crippen LogP contribution in [0.25, 0.3) is 6.08 Å². The van der Waals surface area contributed by atoms with Gasteiger partial charge in [0, 0.05) is 6.07 Å². The van der Waals surface area contributed by atoms with E-state index in [1.807, 2.05) is 32.0 Å². The van der Waals surface area contributed by atoms with Crippen molar-refractivity contribution in [3.8, 4) is 17.2 Å². The van der Waals surface area contributed by atoms with Gasteiger partial charge in [-0.1, -0.05) is 30.3 Å². The lowest BCUT2D eigenvalue weighted by Crippen LogP contribution is -2.32. The van der Waals surface area contributed by atoms with Crippen LogP contribution in [0.15, 0.2) is 65.6 Å². The molecule has 0 unspecified atom stereocenters. The van der Waals surface area contributed by atoms with Crippen molar-refractivity contribution in [1.29, 1.82) is 0 Å². The summed E-state index contributed by atoms with van der Waals surface area (Å²) in [5, 5.41) is 10.9. The highest BCUT2D eigenvalue weighted by Crippen LogP contribution is 2.35. The lowest BCUT2D eigenvalue weighted by molar-refractivity contribution is -0.385. The van der Waals surface area contributed by atoms with Gasteiger partial charge in [-0.25, -0.2) is 0 Å². The molecule has 10 heteroatoms. The van der Waals surface area contributed by atoms with Gasteiger partial charge in [-0.15, -0.1) is 0 Å². The molecule has 1 fully saturated rings. The molecule has 0 saturated carbocycles. The number of hydrogen-bond acceptors (Lipinski definition) is 8. The first-order valence-electron chi connectivity index (χ1n) is 11.8. The minimum absolute atomic E-state index is 0.0437. The molecule has 2 amide bonds. The fourth-order valence-corrected chi connectivity index (χ4v) is 4.68. The van der Waals surface area contributed by atoms with Crippen molar-refractivity contribution in [3.63, 3.8) is 0 Å². The van der Waals surface area contributed by atoms with Crippen LogP contribution in [0.5, 0.6) is 17.2 Å². The van der Waals surface area contributed by atoms with E-state index in [0.717, 1.165) is 33.5 Å². The van der Waals surface area contributed by atoms with Crippen molar-refractivity contribution in [2.45, 2.75) is 20.5 Å². The third-order valence-electron chi connectivity index (χ3n) is 5.85. The molecule has 1 heterocycles. The number of carbonyl (C=O) groups excluding carboxylic acids is 2. The van der Waals surface area contributed by atoms with Crippen molar-refractivity contribution < 1.29 is 28.7 Å². The number of methoxy groups -OCH3 is 1. The number of imide groups is 1. The monoisotopic (exact) mass is 534 g/mol. The van der Waals surface area contributed by atoms with Crippen LogP contribution < -0.4 is 14.2 Å². The molecule has 0 spiro atoms. The molecule has 1 aliphatic heterocycles. The second kappa shape index (κ2) is 11.8. The first-order chi connectivity index (χ1) is 18.3. The molecule has 1 aliphatic rings. The van der Waals surface area contributed by atoms with Crippen LogP contribution >= 0.6 is 11.8 Å². The van der Waals surface area contributed by atoms with Crippen molar-refractivity contribution in [2.24, 2.45) is 0 Å². The number of nitrogens with zero attached hydrogens (tertiary/aromatic N) is 2. The number of hydrogen-bond donors (Lipinski definition) is 0. The number of rotatable bonds is 10. The number of aryl methyl sites for hydroxylation is 2. The Balaban J connectivity index is 1.45. The first kappa shape index (κ1) is 26.7. The fourth-order valence-electron chi connectivity index (χ4n) is 3.82. The van der Waals surface area contributed by atoms with Gasteiger partial charge in [0.2, 0.25) is 0 Å². The third kappa shape index (κ3) is 6.15. The number of benzene rings is 3. The molecule has 0 aromatic heterocycles. The second-order valence-electron chi connectivity index (χ2n) is 8.54. The second-order valence-corrected chi connectivity index (χ2v) is 9.53. The molecule has 0 atom stereocenters. The van der Waals surface area contributed by atoms with E-state index in [1.165, 1.54) is 13.2 Å². The Kier molecular flexibility index (Phi) is 8.32. The number of para-hydroxylation sites is 1. The average molecular weight is 535 g/mol. The van der Waals surface area contributed by atoms with E-state index < -0.39 is 10.8 Å². The SMILES string of the molecule is COc1ccc(/C=C2\SC(=O)N(CCOc3cc(C)ccc3C)C2=O)cc1OCc1ccccc1[N+](=O)[O-]. The Bertz CT molecular complexity index is 1420. The number of nitro benzene ring substituents is 1. The lowest BCUT2D eigenvalue weighted by atomic mass is 10.1. The minimum Gasteiger partial charge on any atom is -0.493 e. The molecule has 0 aliphatic carbocycles. The van der Waals surface area contributed by atoms with Crippen LogP contribution in [-0.4, -0.2) is 41.2 Å². The van der Waals surface area contributed by atoms with Gasteiger partial charge >= 0.3 is 0 Å². The topological polar surface area (TPSA) is 108 Å². The van der Waals surface area contributed by atoms with Crippen LogP contribution in [0.3, 0.4) is 0 Å². The van der Waals surface area contributed by atoms with E-state index in [2.05, 4.69) is 0 Å². The van der Waals surface area contributed by atoms with Gasteiger partial charge in [0.1, 0.15) is 19.0 Å². The summed E-state index contributed by atoms with van der Waals surface area (Å²) in [5.74, 6) is 1.10. The summed E-state index contributed by atoms with van der Waals surface area (Å²) in [7, 11) is 1.48. The zero-order chi connectivity index (χ0) is 27.2. The van der Waals surface area contributed by atoms with Crippen LogP contribution in [0, 0.1) is 24.0 Å². The highest BCUT2D eigenvalue weighted by Gasteiger charge is 2.34. The van der Waals surface area contributed by atoms with Crippen molar-refractivity contribution >= 4 is 34.7 Å². The van der Waals surface area contributed by atoms with Gasteiger partial charge in [-0.05, 0) is 72.6 Å². The van der Waals surface area contributed by atoms with Crippen LogP contribution in [0.2, 0.25) is 0 Å². The highest BCUT2D eigenvalue weighted by molar-refractivity contribution is 8.18.